The molecular formula is C12H16OS. The Morgan fingerprint density at radius 3 is 2.79 bits per heavy atom. The minimum Gasteiger partial charge on any atom is -0.496 e. The van der Waals surface area contributed by atoms with Crippen molar-refractivity contribution in [2.75, 3.05) is 12.9 Å². The van der Waals surface area contributed by atoms with Gasteiger partial charge in [0.1, 0.15) is 5.75 Å². The van der Waals surface area contributed by atoms with Gasteiger partial charge in [0.15, 0.2) is 0 Å². The van der Waals surface area contributed by atoms with Crippen LogP contribution in [0.15, 0.2) is 18.2 Å². The van der Waals surface area contributed by atoms with Crippen molar-refractivity contribution < 1.29 is 4.74 Å². The summed E-state index contributed by atoms with van der Waals surface area (Å²) in [6, 6.07) is 6.56. The fourth-order valence-electron chi connectivity index (χ4n) is 1.74. The molecule has 0 aliphatic carbocycles. The van der Waals surface area contributed by atoms with Crippen LogP contribution in [-0.2, 0) is 6.42 Å². The van der Waals surface area contributed by atoms with Crippen LogP contribution >= 0.6 is 11.8 Å². The van der Waals surface area contributed by atoms with Crippen molar-refractivity contribution in [2.24, 2.45) is 0 Å². The van der Waals surface area contributed by atoms with E-state index in [0.717, 1.165) is 12.2 Å². The lowest BCUT2D eigenvalue weighted by atomic mass is 10.0. The van der Waals surface area contributed by atoms with E-state index in [1.807, 2.05) is 11.8 Å². The van der Waals surface area contributed by atoms with E-state index in [-0.39, 0.29) is 0 Å². The second-order valence-electron chi connectivity index (χ2n) is 3.58. The highest BCUT2D eigenvalue weighted by Gasteiger charge is 2.23. The van der Waals surface area contributed by atoms with Crippen molar-refractivity contribution in [1.82, 2.24) is 0 Å². The Bertz CT molecular complexity index is 318. The van der Waals surface area contributed by atoms with Gasteiger partial charge < -0.3 is 4.74 Å². The van der Waals surface area contributed by atoms with Gasteiger partial charge in [0.25, 0.3) is 0 Å². The molecule has 1 aromatic carbocycles. The van der Waals surface area contributed by atoms with Crippen molar-refractivity contribution in [3.8, 4) is 5.75 Å². The van der Waals surface area contributed by atoms with Crippen molar-refractivity contribution in [2.45, 2.75) is 25.0 Å². The number of aryl methyl sites for hydroxylation is 1. The maximum Gasteiger partial charge on any atom is 0.123 e. The number of benzene rings is 1. The summed E-state index contributed by atoms with van der Waals surface area (Å²) in [5.74, 6) is 2.35. The highest BCUT2D eigenvalue weighted by atomic mass is 32.2. The van der Waals surface area contributed by atoms with E-state index in [1.165, 1.54) is 23.3 Å². The second-order valence-corrected chi connectivity index (χ2v) is 4.89. The molecule has 0 radical (unpaired) electrons. The van der Waals surface area contributed by atoms with Crippen molar-refractivity contribution in [1.29, 1.82) is 0 Å². The van der Waals surface area contributed by atoms with Gasteiger partial charge in [-0.05, 0) is 30.2 Å². The number of hydrogen-bond acceptors (Lipinski definition) is 2. The van der Waals surface area contributed by atoms with E-state index in [4.69, 9.17) is 4.74 Å². The summed E-state index contributed by atoms with van der Waals surface area (Å²) in [5.41, 5.74) is 2.80. The molecule has 0 bridgehead atoms. The minimum atomic E-state index is 0.677. The van der Waals surface area contributed by atoms with Crippen molar-refractivity contribution >= 4 is 11.8 Å². The van der Waals surface area contributed by atoms with E-state index in [1.54, 1.807) is 7.11 Å². The quantitative estimate of drug-likeness (QED) is 0.752. The summed E-state index contributed by atoms with van der Waals surface area (Å²) in [5, 5.41) is 0.677. The van der Waals surface area contributed by atoms with Gasteiger partial charge in [-0.2, -0.15) is 11.8 Å². The Kier molecular flexibility index (Phi) is 3.02. The molecule has 0 saturated carbocycles. The summed E-state index contributed by atoms with van der Waals surface area (Å²) in [7, 11) is 1.76. The molecule has 1 aromatic rings. The minimum absolute atomic E-state index is 0.677. The van der Waals surface area contributed by atoms with Gasteiger partial charge in [0.05, 0.1) is 7.11 Å². The fraction of sp³-hybridized carbons (Fsp3) is 0.500. The third-order valence-electron chi connectivity index (χ3n) is 2.75. The Morgan fingerprint density at radius 2 is 2.29 bits per heavy atom. The molecule has 76 valence electrons. The SMILES string of the molecule is CCc1ccc(OC)c(C2CCS2)c1. The highest BCUT2D eigenvalue weighted by Crippen LogP contribution is 2.45. The number of rotatable bonds is 3. The predicted molar refractivity (Wildman–Crippen MR) is 62.2 cm³/mol. The van der Waals surface area contributed by atoms with Gasteiger partial charge in [0.2, 0.25) is 0 Å². The first kappa shape index (κ1) is 9.91. The zero-order valence-electron chi connectivity index (χ0n) is 8.75. The van der Waals surface area contributed by atoms with Crippen LogP contribution in [0.3, 0.4) is 0 Å². The molecule has 1 unspecified atom stereocenters. The standard InChI is InChI=1S/C12H16OS/c1-3-9-4-5-11(13-2)10(8-9)12-6-7-14-12/h4-5,8,12H,3,6-7H2,1-2H3. The predicted octanol–water partition coefficient (Wildman–Crippen LogP) is 3.44. The average Bonchev–Trinajstić information content (AvgIpc) is 2.15. The summed E-state index contributed by atoms with van der Waals surface area (Å²) < 4.78 is 5.39. The van der Waals surface area contributed by atoms with Crippen molar-refractivity contribution in [3.63, 3.8) is 0 Å². The maximum atomic E-state index is 5.39. The highest BCUT2D eigenvalue weighted by molar-refractivity contribution is 8.00. The molecule has 1 aliphatic heterocycles. The lowest BCUT2D eigenvalue weighted by Gasteiger charge is -2.27. The molecule has 0 N–H and O–H groups in total. The van der Waals surface area contributed by atoms with Gasteiger partial charge in [0, 0.05) is 10.8 Å². The van der Waals surface area contributed by atoms with Crippen LogP contribution < -0.4 is 4.74 Å². The summed E-state index contributed by atoms with van der Waals surface area (Å²) in [4.78, 5) is 0. The number of ether oxygens (including phenoxy) is 1. The van der Waals surface area contributed by atoms with Gasteiger partial charge in [-0.15, -0.1) is 0 Å². The molecule has 2 rings (SSSR count). The Balaban J connectivity index is 2.31. The molecule has 1 nitrogen and oxygen atoms in total. The van der Waals surface area contributed by atoms with E-state index >= 15 is 0 Å². The summed E-state index contributed by atoms with van der Waals surface area (Å²) in [6.45, 7) is 2.19. The van der Waals surface area contributed by atoms with Gasteiger partial charge in [-0.25, -0.2) is 0 Å². The molecular weight excluding hydrogens is 192 g/mol. The van der Waals surface area contributed by atoms with Gasteiger partial charge >= 0.3 is 0 Å². The second kappa shape index (κ2) is 4.26. The maximum absolute atomic E-state index is 5.39. The zero-order chi connectivity index (χ0) is 9.97. The van der Waals surface area contributed by atoms with Crippen LogP contribution in [0.5, 0.6) is 5.75 Å². The van der Waals surface area contributed by atoms with E-state index in [2.05, 4.69) is 25.1 Å². The first-order chi connectivity index (χ1) is 6.85. The lowest BCUT2D eigenvalue weighted by Crippen LogP contribution is -2.08. The summed E-state index contributed by atoms with van der Waals surface area (Å²) in [6.07, 6.45) is 2.41. The molecule has 1 aliphatic rings. The van der Waals surface area contributed by atoms with Crippen LogP contribution in [-0.4, -0.2) is 12.9 Å². The lowest BCUT2D eigenvalue weighted by molar-refractivity contribution is 0.408. The van der Waals surface area contributed by atoms with E-state index < -0.39 is 0 Å². The van der Waals surface area contributed by atoms with Crippen LogP contribution in [0.1, 0.15) is 29.7 Å². The Labute approximate surface area is 89.9 Å². The first-order valence-electron chi connectivity index (χ1n) is 5.13. The van der Waals surface area contributed by atoms with Gasteiger partial charge in [-0.1, -0.05) is 19.1 Å². The van der Waals surface area contributed by atoms with Gasteiger partial charge in [-0.3, -0.25) is 0 Å². The van der Waals surface area contributed by atoms with Crippen LogP contribution in [0.2, 0.25) is 0 Å². The molecule has 1 saturated heterocycles. The van der Waals surface area contributed by atoms with E-state index in [0.29, 0.717) is 5.25 Å². The number of hydrogen-bond donors (Lipinski definition) is 0. The average molecular weight is 208 g/mol. The van der Waals surface area contributed by atoms with Crippen LogP contribution in [0, 0.1) is 0 Å². The summed E-state index contributed by atoms with van der Waals surface area (Å²) >= 11 is 2.03. The van der Waals surface area contributed by atoms with Crippen LogP contribution in [0.4, 0.5) is 0 Å². The molecule has 1 fully saturated rings. The number of thioether (sulfide) groups is 1. The monoisotopic (exact) mass is 208 g/mol. The third kappa shape index (κ3) is 1.76. The molecule has 0 amide bonds. The molecule has 2 heteroatoms. The topological polar surface area (TPSA) is 9.23 Å². The third-order valence-corrected chi connectivity index (χ3v) is 4.11. The fourth-order valence-corrected chi connectivity index (χ4v) is 2.57. The molecule has 0 spiro atoms. The van der Waals surface area contributed by atoms with Crippen LogP contribution in [0.25, 0.3) is 0 Å². The first-order valence-corrected chi connectivity index (χ1v) is 6.18. The molecule has 14 heavy (non-hydrogen) atoms. The van der Waals surface area contributed by atoms with Crippen molar-refractivity contribution in [3.05, 3.63) is 29.3 Å². The molecule has 1 atom stereocenters. The Morgan fingerprint density at radius 1 is 1.50 bits per heavy atom. The number of methoxy groups -OCH3 is 1. The normalized spacial score (nSPS) is 20.3. The smallest absolute Gasteiger partial charge is 0.123 e. The zero-order valence-corrected chi connectivity index (χ0v) is 9.56. The Hall–Kier alpha value is -0.630. The largest absolute Gasteiger partial charge is 0.496 e. The molecule has 0 aromatic heterocycles. The van der Waals surface area contributed by atoms with E-state index in [9.17, 15) is 0 Å². The molecule has 1 heterocycles.